The number of primary amides is 1. The molecule has 4 heteroatoms. The molecule has 3 nitrogen and oxygen atoms in total. The topological polar surface area (TPSA) is 56.0 Å². The van der Waals surface area contributed by atoms with Crippen LogP contribution in [0.3, 0.4) is 0 Å². The fourth-order valence-electron chi connectivity index (χ4n) is 3.17. The summed E-state index contributed by atoms with van der Waals surface area (Å²) in [5.41, 5.74) is 5.90. The number of rotatable bonds is 11. The molecule has 0 unspecified atom stereocenters. The molecule has 124 valence electrons. The van der Waals surface area contributed by atoms with Crippen LogP contribution in [0.5, 0.6) is 0 Å². The SMILES string of the molecule is CCC[CH2][Sn]([CH2]CCC)([CH2]CCC)[c]1cccc(C(N)=O)n1. The molecule has 0 spiro atoms. The quantitative estimate of drug-likeness (QED) is 0.554. The third-order valence-corrected chi connectivity index (χ3v) is 19.7. The average molecular weight is 411 g/mol. The van der Waals surface area contributed by atoms with Crippen molar-refractivity contribution in [2.45, 2.75) is 72.6 Å². The van der Waals surface area contributed by atoms with Crippen LogP contribution in [0.15, 0.2) is 18.2 Å². The van der Waals surface area contributed by atoms with E-state index in [1.165, 1.54) is 55.5 Å². The predicted molar refractivity (Wildman–Crippen MR) is 97.3 cm³/mol. The van der Waals surface area contributed by atoms with Gasteiger partial charge < -0.3 is 0 Å². The molecule has 0 aromatic carbocycles. The number of carbonyl (C=O) groups is 1. The van der Waals surface area contributed by atoms with Crippen molar-refractivity contribution in [3.8, 4) is 0 Å². The molecule has 0 radical (unpaired) electrons. The zero-order valence-corrected chi connectivity index (χ0v) is 17.4. The normalized spacial score (nSPS) is 11.6. The van der Waals surface area contributed by atoms with Crippen LogP contribution in [0.2, 0.25) is 13.3 Å². The van der Waals surface area contributed by atoms with E-state index in [0.717, 1.165) is 0 Å². The summed E-state index contributed by atoms with van der Waals surface area (Å²) in [5, 5.41) is 0. The number of unbranched alkanes of at least 4 members (excludes halogenated alkanes) is 3. The molecule has 0 bridgehead atoms. The van der Waals surface area contributed by atoms with Crippen LogP contribution >= 0.6 is 0 Å². The number of hydrogen-bond donors (Lipinski definition) is 1. The average Bonchev–Trinajstić information content (AvgIpc) is 2.54. The first-order chi connectivity index (χ1) is 10.6. The van der Waals surface area contributed by atoms with Gasteiger partial charge in [0.15, 0.2) is 0 Å². The van der Waals surface area contributed by atoms with Crippen LogP contribution in [0, 0.1) is 0 Å². The third-order valence-electron chi connectivity index (χ3n) is 4.57. The fraction of sp³-hybridized carbons (Fsp3) is 0.667. The van der Waals surface area contributed by atoms with Crippen molar-refractivity contribution < 1.29 is 4.79 Å². The first kappa shape index (κ1) is 19.5. The molecule has 2 N–H and O–H groups in total. The maximum absolute atomic E-state index is 11.5. The minimum atomic E-state index is -2.52. The van der Waals surface area contributed by atoms with E-state index in [1.807, 2.05) is 6.07 Å². The van der Waals surface area contributed by atoms with Gasteiger partial charge >= 0.3 is 140 Å². The first-order valence-corrected chi connectivity index (χ1v) is 16.3. The molecule has 0 aliphatic heterocycles. The second-order valence-electron chi connectivity index (χ2n) is 6.36. The summed E-state index contributed by atoms with van der Waals surface area (Å²) in [5.74, 6) is -0.400. The third kappa shape index (κ3) is 5.56. The Hall–Kier alpha value is -0.581. The molecule has 1 aromatic rings. The van der Waals surface area contributed by atoms with Crippen LogP contribution < -0.4 is 9.44 Å². The molecule has 1 heterocycles. The van der Waals surface area contributed by atoms with Crippen LogP contribution in [0.1, 0.15) is 69.8 Å². The van der Waals surface area contributed by atoms with Gasteiger partial charge in [-0.2, -0.15) is 0 Å². The molecular weight excluding hydrogens is 379 g/mol. The van der Waals surface area contributed by atoms with Crippen molar-refractivity contribution in [2.24, 2.45) is 5.73 Å². The summed E-state index contributed by atoms with van der Waals surface area (Å²) in [6.07, 6.45) is 7.62. The van der Waals surface area contributed by atoms with Crippen LogP contribution in [0.4, 0.5) is 0 Å². The van der Waals surface area contributed by atoms with Gasteiger partial charge in [0.25, 0.3) is 0 Å². The van der Waals surface area contributed by atoms with E-state index in [4.69, 9.17) is 10.7 Å². The molecule has 1 aromatic heterocycles. The zero-order valence-electron chi connectivity index (χ0n) is 14.5. The monoisotopic (exact) mass is 412 g/mol. The number of pyridine rings is 1. The number of hydrogen-bond acceptors (Lipinski definition) is 2. The van der Waals surface area contributed by atoms with Crippen molar-refractivity contribution in [3.05, 3.63) is 23.9 Å². The Labute approximate surface area is 140 Å². The molecule has 0 saturated heterocycles. The van der Waals surface area contributed by atoms with Gasteiger partial charge in [0, 0.05) is 0 Å². The molecule has 0 aliphatic rings. The number of nitrogens with zero attached hydrogens (tertiary/aromatic N) is 1. The Kier molecular flexibility index (Phi) is 9.06. The van der Waals surface area contributed by atoms with E-state index in [-0.39, 0.29) is 0 Å². The second kappa shape index (κ2) is 10.2. The van der Waals surface area contributed by atoms with Crippen molar-refractivity contribution in [1.29, 1.82) is 0 Å². The van der Waals surface area contributed by atoms with Gasteiger partial charge in [0.1, 0.15) is 0 Å². The Morgan fingerprint density at radius 2 is 1.50 bits per heavy atom. The van der Waals surface area contributed by atoms with Gasteiger partial charge in [0.05, 0.1) is 0 Å². The number of carbonyl (C=O) groups excluding carboxylic acids is 1. The Balaban J connectivity index is 3.18. The summed E-state index contributed by atoms with van der Waals surface area (Å²) in [6, 6.07) is 5.92. The van der Waals surface area contributed by atoms with E-state index in [0.29, 0.717) is 5.69 Å². The predicted octanol–water partition coefficient (Wildman–Crippen LogP) is 4.24. The van der Waals surface area contributed by atoms with Crippen LogP contribution in [-0.2, 0) is 0 Å². The molecule has 22 heavy (non-hydrogen) atoms. The van der Waals surface area contributed by atoms with E-state index in [9.17, 15) is 4.79 Å². The van der Waals surface area contributed by atoms with Crippen molar-refractivity contribution in [1.82, 2.24) is 4.98 Å². The van der Waals surface area contributed by atoms with E-state index in [2.05, 4.69) is 26.8 Å². The van der Waals surface area contributed by atoms with Gasteiger partial charge in [-0.1, -0.05) is 0 Å². The Morgan fingerprint density at radius 1 is 1.00 bits per heavy atom. The molecule has 0 fully saturated rings. The standard InChI is InChI=1S/C6H5N2O.3C4H9.Sn/c7-6(9)5-3-1-2-4-8-5;3*1-3-4-2;/h1-3H,(H2,7,9);3*1,3-4H2,2H3;. The van der Waals surface area contributed by atoms with Crippen molar-refractivity contribution in [2.75, 3.05) is 0 Å². The van der Waals surface area contributed by atoms with Gasteiger partial charge in [-0.15, -0.1) is 0 Å². The summed E-state index contributed by atoms with van der Waals surface area (Å²) < 4.78 is 5.36. The summed E-state index contributed by atoms with van der Waals surface area (Å²) in [6.45, 7) is 6.80. The zero-order chi connectivity index (χ0) is 16.4. The minimum absolute atomic E-state index is 0.400. The van der Waals surface area contributed by atoms with Crippen LogP contribution in [0.25, 0.3) is 0 Å². The van der Waals surface area contributed by atoms with E-state index >= 15 is 0 Å². The molecule has 0 saturated carbocycles. The van der Waals surface area contributed by atoms with Gasteiger partial charge in [-0.25, -0.2) is 0 Å². The second-order valence-corrected chi connectivity index (χ2v) is 19.4. The van der Waals surface area contributed by atoms with Crippen LogP contribution in [-0.4, -0.2) is 29.3 Å². The van der Waals surface area contributed by atoms with E-state index in [1.54, 1.807) is 6.07 Å². The molecule has 1 amide bonds. The maximum atomic E-state index is 11.5. The van der Waals surface area contributed by atoms with Crippen molar-refractivity contribution in [3.63, 3.8) is 0 Å². The Morgan fingerprint density at radius 3 is 1.91 bits per heavy atom. The molecule has 0 atom stereocenters. The summed E-state index contributed by atoms with van der Waals surface area (Å²) >= 11 is -2.52. The fourth-order valence-corrected chi connectivity index (χ4v) is 18.6. The summed E-state index contributed by atoms with van der Waals surface area (Å²) in [7, 11) is 0. The number of aromatic nitrogens is 1. The van der Waals surface area contributed by atoms with E-state index < -0.39 is 24.3 Å². The summed E-state index contributed by atoms with van der Waals surface area (Å²) in [4.78, 5) is 16.2. The van der Waals surface area contributed by atoms with Crippen molar-refractivity contribution >= 4 is 28.0 Å². The molecule has 0 aliphatic carbocycles. The first-order valence-electron chi connectivity index (χ1n) is 8.87. The molecular formula is C18H32N2OSn. The molecule has 1 rings (SSSR count). The van der Waals surface area contributed by atoms with Gasteiger partial charge in [-0.05, 0) is 0 Å². The Bertz CT molecular complexity index is 440. The number of amides is 1. The van der Waals surface area contributed by atoms with Gasteiger partial charge in [-0.3, -0.25) is 0 Å². The number of nitrogens with two attached hydrogens (primary N) is 1. The van der Waals surface area contributed by atoms with Gasteiger partial charge in [0.2, 0.25) is 0 Å².